The number of thiazole rings is 1. The third-order valence-corrected chi connectivity index (χ3v) is 4.19. The molecule has 1 aromatic carbocycles. The van der Waals surface area contributed by atoms with Gasteiger partial charge in [0.15, 0.2) is 16.6 Å². The fraction of sp³-hybridized carbons (Fsp3) is 0.294. The van der Waals surface area contributed by atoms with E-state index in [1.54, 1.807) is 6.92 Å². The monoisotopic (exact) mass is 330 g/mol. The second-order valence-corrected chi connectivity index (χ2v) is 6.00. The van der Waals surface area contributed by atoms with E-state index in [0.29, 0.717) is 23.9 Å². The van der Waals surface area contributed by atoms with Gasteiger partial charge in [0, 0.05) is 16.5 Å². The molecule has 5 nitrogen and oxygen atoms in total. The fourth-order valence-corrected chi connectivity index (χ4v) is 2.98. The molecule has 3 rings (SSSR count). The van der Waals surface area contributed by atoms with Crippen LogP contribution in [0.2, 0.25) is 0 Å². The fourth-order valence-electron chi connectivity index (χ4n) is 2.26. The summed E-state index contributed by atoms with van der Waals surface area (Å²) in [6, 6.07) is 5.74. The van der Waals surface area contributed by atoms with E-state index in [-0.39, 0.29) is 5.91 Å². The van der Waals surface area contributed by atoms with Gasteiger partial charge in [0.05, 0.1) is 5.69 Å². The van der Waals surface area contributed by atoms with Gasteiger partial charge in [0.1, 0.15) is 13.2 Å². The predicted molar refractivity (Wildman–Crippen MR) is 91.2 cm³/mol. The van der Waals surface area contributed by atoms with Gasteiger partial charge < -0.3 is 9.47 Å². The van der Waals surface area contributed by atoms with Crippen LogP contribution >= 0.6 is 11.3 Å². The maximum absolute atomic E-state index is 12.0. The molecule has 23 heavy (non-hydrogen) atoms. The van der Waals surface area contributed by atoms with Gasteiger partial charge in [0.2, 0.25) is 0 Å². The first kappa shape index (κ1) is 15.6. The van der Waals surface area contributed by atoms with Crippen molar-refractivity contribution in [2.45, 2.75) is 20.3 Å². The van der Waals surface area contributed by atoms with E-state index < -0.39 is 0 Å². The molecule has 0 saturated heterocycles. The number of hydrogen-bond donors (Lipinski definition) is 1. The Morgan fingerprint density at radius 1 is 1.35 bits per heavy atom. The summed E-state index contributed by atoms with van der Waals surface area (Å²) in [4.78, 5) is 16.5. The lowest BCUT2D eigenvalue weighted by Crippen LogP contribution is -2.15. The van der Waals surface area contributed by atoms with E-state index in [1.165, 1.54) is 11.3 Å². The summed E-state index contributed by atoms with van der Waals surface area (Å²) >= 11 is 1.40. The molecule has 1 N–H and O–H groups in total. The Balaban J connectivity index is 1.77. The normalized spacial score (nSPS) is 13.7. The molecule has 1 aliphatic heterocycles. The third-order valence-electron chi connectivity index (χ3n) is 3.43. The van der Waals surface area contributed by atoms with E-state index in [2.05, 4.69) is 10.3 Å². The zero-order valence-corrected chi connectivity index (χ0v) is 13.9. The molecule has 2 heterocycles. The zero-order chi connectivity index (χ0) is 16.2. The van der Waals surface area contributed by atoms with Crippen molar-refractivity contribution in [2.24, 2.45) is 0 Å². The number of hydrogen-bond acceptors (Lipinski definition) is 5. The predicted octanol–water partition coefficient (Wildman–Crippen LogP) is 3.88. The molecular weight excluding hydrogens is 312 g/mol. The third kappa shape index (κ3) is 3.53. The molecule has 0 atom stereocenters. The van der Waals surface area contributed by atoms with E-state index in [1.807, 2.05) is 36.6 Å². The molecule has 0 saturated carbocycles. The van der Waals surface area contributed by atoms with Crippen LogP contribution in [0.5, 0.6) is 11.5 Å². The second-order valence-electron chi connectivity index (χ2n) is 5.15. The first-order chi connectivity index (χ1) is 11.2. The Labute approximate surface area is 139 Å². The summed E-state index contributed by atoms with van der Waals surface area (Å²) in [7, 11) is 0. The molecular formula is C17H18N2O3S. The van der Waals surface area contributed by atoms with Gasteiger partial charge in [-0.15, -0.1) is 11.3 Å². The lowest BCUT2D eigenvalue weighted by molar-refractivity contribution is -0.112. The number of amides is 1. The van der Waals surface area contributed by atoms with Crippen molar-refractivity contribution in [1.29, 1.82) is 0 Å². The van der Waals surface area contributed by atoms with Crippen LogP contribution in [0.25, 0.3) is 11.3 Å². The standard InChI is InChI=1S/C17H18N2O3S/c1-3-4-11(2)16(20)19-17-18-13(10-23-17)12-5-6-14-15(9-12)22-8-7-21-14/h4-6,9-10H,3,7-8H2,1-2H3,(H,18,19,20). The molecule has 0 unspecified atom stereocenters. The van der Waals surface area contributed by atoms with Crippen molar-refractivity contribution in [3.05, 3.63) is 35.2 Å². The molecule has 6 heteroatoms. The molecule has 0 aliphatic carbocycles. The number of carbonyl (C=O) groups excluding carboxylic acids is 1. The zero-order valence-electron chi connectivity index (χ0n) is 13.1. The number of carbonyl (C=O) groups is 1. The average molecular weight is 330 g/mol. The highest BCUT2D eigenvalue weighted by Crippen LogP contribution is 2.35. The van der Waals surface area contributed by atoms with Gasteiger partial charge >= 0.3 is 0 Å². The van der Waals surface area contributed by atoms with Crippen LogP contribution in [0.15, 0.2) is 35.2 Å². The maximum Gasteiger partial charge on any atom is 0.252 e. The summed E-state index contributed by atoms with van der Waals surface area (Å²) in [6.45, 7) is 4.93. The Bertz CT molecular complexity index is 752. The number of rotatable bonds is 4. The van der Waals surface area contributed by atoms with E-state index >= 15 is 0 Å². The lowest BCUT2D eigenvalue weighted by atomic mass is 10.1. The van der Waals surface area contributed by atoms with Gasteiger partial charge in [0.25, 0.3) is 5.91 Å². The molecule has 1 aromatic heterocycles. The topological polar surface area (TPSA) is 60.5 Å². The highest BCUT2D eigenvalue weighted by Gasteiger charge is 2.14. The first-order valence-electron chi connectivity index (χ1n) is 7.51. The lowest BCUT2D eigenvalue weighted by Gasteiger charge is -2.18. The average Bonchev–Trinajstić information content (AvgIpc) is 3.03. The number of fused-ring (bicyclic) bond motifs is 1. The van der Waals surface area contributed by atoms with Crippen molar-refractivity contribution in [1.82, 2.24) is 4.98 Å². The Hall–Kier alpha value is -2.34. The van der Waals surface area contributed by atoms with Gasteiger partial charge in [-0.05, 0) is 31.5 Å². The van der Waals surface area contributed by atoms with Crippen LogP contribution in [0.3, 0.4) is 0 Å². The number of benzene rings is 1. The molecule has 120 valence electrons. The smallest absolute Gasteiger partial charge is 0.252 e. The maximum atomic E-state index is 12.0. The van der Waals surface area contributed by atoms with Crippen LogP contribution in [0.4, 0.5) is 5.13 Å². The summed E-state index contributed by atoms with van der Waals surface area (Å²) in [6.07, 6.45) is 2.73. The van der Waals surface area contributed by atoms with E-state index in [4.69, 9.17) is 9.47 Å². The molecule has 1 amide bonds. The van der Waals surface area contributed by atoms with Crippen molar-refractivity contribution >= 4 is 22.4 Å². The van der Waals surface area contributed by atoms with Gasteiger partial charge in [-0.2, -0.15) is 0 Å². The van der Waals surface area contributed by atoms with Crippen LogP contribution in [0, 0.1) is 0 Å². The number of allylic oxidation sites excluding steroid dienone is 1. The van der Waals surface area contributed by atoms with Crippen molar-refractivity contribution in [3.63, 3.8) is 0 Å². The molecule has 1 aliphatic rings. The minimum atomic E-state index is -0.116. The van der Waals surface area contributed by atoms with Crippen LogP contribution in [-0.2, 0) is 4.79 Å². The SMILES string of the molecule is CCC=C(C)C(=O)Nc1nc(-c2ccc3c(c2)OCCO3)cs1. The molecule has 0 radical (unpaired) electrons. The van der Waals surface area contributed by atoms with Crippen LogP contribution in [-0.4, -0.2) is 24.1 Å². The van der Waals surface area contributed by atoms with Crippen molar-refractivity contribution < 1.29 is 14.3 Å². The van der Waals surface area contributed by atoms with Gasteiger partial charge in [-0.25, -0.2) is 4.98 Å². The molecule has 0 fully saturated rings. The number of anilines is 1. The van der Waals surface area contributed by atoms with E-state index in [9.17, 15) is 4.79 Å². The van der Waals surface area contributed by atoms with E-state index in [0.717, 1.165) is 29.2 Å². The van der Waals surface area contributed by atoms with Crippen LogP contribution < -0.4 is 14.8 Å². The summed E-state index contributed by atoms with van der Waals surface area (Å²) < 4.78 is 11.1. The van der Waals surface area contributed by atoms with Gasteiger partial charge in [-0.3, -0.25) is 10.1 Å². The Kier molecular flexibility index (Phi) is 4.62. The molecule has 2 aromatic rings. The highest BCUT2D eigenvalue weighted by atomic mass is 32.1. The number of nitrogens with zero attached hydrogens (tertiary/aromatic N) is 1. The van der Waals surface area contributed by atoms with Gasteiger partial charge in [-0.1, -0.05) is 13.0 Å². The number of ether oxygens (including phenoxy) is 2. The molecule has 0 spiro atoms. The summed E-state index contributed by atoms with van der Waals surface area (Å²) in [5.41, 5.74) is 2.44. The van der Waals surface area contributed by atoms with Crippen molar-refractivity contribution in [2.75, 3.05) is 18.5 Å². The minimum absolute atomic E-state index is 0.116. The molecule has 0 bridgehead atoms. The first-order valence-corrected chi connectivity index (χ1v) is 8.39. The minimum Gasteiger partial charge on any atom is -0.486 e. The Morgan fingerprint density at radius 3 is 2.91 bits per heavy atom. The van der Waals surface area contributed by atoms with Crippen LogP contribution in [0.1, 0.15) is 20.3 Å². The largest absolute Gasteiger partial charge is 0.486 e. The van der Waals surface area contributed by atoms with Crippen molar-refractivity contribution in [3.8, 4) is 22.8 Å². The highest BCUT2D eigenvalue weighted by molar-refractivity contribution is 7.14. The number of aromatic nitrogens is 1. The Morgan fingerprint density at radius 2 is 2.13 bits per heavy atom. The second kappa shape index (κ2) is 6.83. The summed E-state index contributed by atoms with van der Waals surface area (Å²) in [5, 5.41) is 5.33. The number of nitrogens with one attached hydrogen (secondary N) is 1. The quantitative estimate of drug-likeness (QED) is 0.864. The summed E-state index contributed by atoms with van der Waals surface area (Å²) in [5.74, 6) is 1.37.